The minimum Gasteiger partial charge on any atom is -0.393 e. The van der Waals surface area contributed by atoms with Crippen LogP contribution in [0.2, 0.25) is 0 Å². The zero-order chi connectivity index (χ0) is 13.1. The number of ether oxygens (including phenoxy) is 2. The first kappa shape index (κ1) is 16.3. The normalized spacial score (nSPS) is 10.2. The molecule has 5 nitrogen and oxygen atoms in total. The number of likely N-dealkylation sites (N-methyl/N-ethyl adjacent to an activating group) is 1. The summed E-state index contributed by atoms with van der Waals surface area (Å²) in [7, 11) is 1.71. The van der Waals surface area contributed by atoms with Crippen molar-refractivity contribution in [2.24, 2.45) is 5.73 Å². The minimum atomic E-state index is -0.0725. The van der Waals surface area contributed by atoms with Crippen molar-refractivity contribution in [3.63, 3.8) is 0 Å². The van der Waals surface area contributed by atoms with E-state index in [0.717, 1.165) is 13.0 Å². The molecule has 17 heavy (non-hydrogen) atoms. The Balaban J connectivity index is 3.47. The molecular formula is C11H22N2O3S. The zero-order valence-corrected chi connectivity index (χ0v) is 11.4. The maximum absolute atomic E-state index is 11.5. The largest absolute Gasteiger partial charge is 0.393 e. The Morgan fingerprint density at radius 3 is 2.53 bits per heavy atom. The molecule has 0 unspecified atom stereocenters. The molecule has 1 amide bonds. The van der Waals surface area contributed by atoms with Crippen LogP contribution in [-0.2, 0) is 14.3 Å². The van der Waals surface area contributed by atoms with E-state index in [9.17, 15) is 4.79 Å². The van der Waals surface area contributed by atoms with E-state index in [1.165, 1.54) is 0 Å². The molecule has 0 aliphatic heterocycles. The summed E-state index contributed by atoms with van der Waals surface area (Å²) >= 11 is 4.74. The van der Waals surface area contributed by atoms with E-state index in [4.69, 9.17) is 27.4 Å². The number of carbonyl (C=O) groups excluding carboxylic acids is 1. The molecule has 0 aliphatic carbocycles. The summed E-state index contributed by atoms with van der Waals surface area (Å²) in [6, 6.07) is 0. The molecule has 0 aromatic carbocycles. The van der Waals surface area contributed by atoms with Crippen LogP contribution < -0.4 is 5.73 Å². The van der Waals surface area contributed by atoms with Crippen LogP contribution in [0.1, 0.15) is 19.8 Å². The molecule has 0 heterocycles. The molecule has 0 aromatic rings. The zero-order valence-electron chi connectivity index (χ0n) is 10.6. The average Bonchev–Trinajstić information content (AvgIpc) is 2.30. The lowest BCUT2D eigenvalue weighted by Crippen LogP contribution is -2.33. The van der Waals surface area contributed by atoms with Gasteiger partial charge in [0.05, 0.1) is 18.2 Å². The number of nitrogens with two attached hydrogens (primary N) is 1. The molecule has 2 N–H and O–H groups in total. The second kappa shape index (κ2) is 10.4. The van der Waals surface area contributed by atoms with E-state index in [1.807, 2.05) is 6.92 Å². The van der Waals surface area contributed by atoms with E-state index < -0.39 is 0 Å². The van der Waals surface area contributed by atoms with Gasteiger partial charge < -0.3 is 20.1 Å². The highest BCUT2D eigenvalue weighted by atomic mass is 32.1. The molecule has 0 aliphatic rings. The smallest absolute Gasteiger partial charge is 0.248 e. The van der Waals surface area contributed by atoms with Gasteiger partial charge in [0.1, 0.15) is 6.61 Å². The first-order chi connectivity index (χ1) is 8.07. The summed E-state index contributed by atoms with van der Waals surface area (Å²) < 4.78 is 10.4. The van der Waals surface area contributed by atoms with E-state index >= 15 is 0 Å². The fourth-order valence-corrected chi connectivity index (χ4v) is 1.13. The predicted octanol–water partition coefficient (Wildman–Crippen LogP) is 0.564. The summed E-state index contributed by atoms with van der Waals surface area (Å²) in [6.45, 7) is 4.34. The summed E-state index contributed by atoms with van der Waals surface area (Å²) in [5.74, 6) is -0.0725. The van der Waals surface area contributed by atoms with Gasteiger partial charge in [-0.25, -0.2) is 0 Å². The Kier molecular flexibility index (Phi) is 9.99. The number of nitrogens with zero attached hydrogens (tertiary/aromatic N) is 1. The van der Waals surface area contributed by atoms with Gasteiger partial charge in [-0.15, -0.1) is 0 Å². The van der Waals surface area contributed by atoms with Crippen molar-refractivity contribution >= 4 is 23.1 Å². The standard InChI is InChI=1S/C11H22N2O3S/c1-3-6-15-7-8-16-9-11(14)13(2)5-4-10(12)17/h3-9H2,1-2H3,(H2,12,17). The average molecular weight is 262 g/mol. The number of hydrogen-bond donors (Lipinski definition) is 1. The van der Waals surface area contributed by atoms with Crippen LogP contribution >= 0.6 is 12.2 Å². The van der Waals surface area contributed by atoms with Gasteiger partial charge in [0.25, 0.3) is 0 Å². The van der Waals surface area contributed by atoms with Gasteiger partial charge in [0.2, 0.25) is 5.91 Å². The number of carbonyl (C=O) groups is 1. The Morgan fingerprint density at radius 1 is 1.29 bits per heavy atom. The van der Waals surface area contributed by atoms with Crippen molar-refractivity contribution in [3.05, 3.63) is 0 Å². The van der Waals surface area contributed by atoms with E-state index in [-0.39, 0.29) is 12.5 Å². The molecule has 0 saturated heterocycles. The Morgan fingerprint density at radius 2 is 1.94 bits per heavy atom. The van der Waals surface area contributed by atoms with E-state index in [2.05, 4.69) is 0 Å². The highest BCUT2D eigenvalue weighted by Crippen LogP contribution is 1.91. The molecule has 100 valence electrons. The van der Waals surface area contributed by atoms with Crippen molar-refractivity contribution < 1.29 is 14.3 Å². The molecule has 0 atom stereocenters. The Labute approximate surface area is 108 Å². The molecule has 0 spiro atoms. The number of rotatable bonds is 10. The van der Waals surface area contributed by atoms with Gasteiger partial charge in [-0.3, -0.25) is 4.79 Å². The Bertz CT molecular complexity index is 237. The highest BCUT2D eigenvalue weighted by Gasteiger charge is 2.08. The molecule has 0 rings (SSSR count). The minimum absolute atomic E-state index is 0.0725. The predicted molar refractivity (Wildman–Crippen MR) is 71.0 cm³/mol. The summed E-state index contributed by atoms with van der Waals surface area (Å²) in [5.41, 5.74) is 5.35. The van der Waals surface area contributed by atoms with Crippen molar-refractivity contribution in [3.8, 4) is 0 Å². The maximum atomic E-state index is 11.5. The van der Waals surface area contributed by atoms with Gasteiger partial charge in [0.15, 0.2) is 0 Å². The summed E-state index contributed by atoms with van der Waals surface area (Å²) in [4.78, 5) is 13.5. The van der Waals surface area contributed by atoms with Crippen LogP contribution in [0, 0.1) is 0 Å². The van der Waals surface area contributed by atoms with Crippen molar-refractivity contribution in [2.45, 2.75) is 19.8 Å². The van der Waals surface area contributed by atoms with E-state index in [0.29, 0.717) is 31.2 Å². The molecule has 6 heteroatoms. The second-order valence-electron chi connectivity index (χ2n) is 3.70. The fourth-order valence-electron chi connectivity index (χ4n) is 1.04. The molecule has 0 saturated carbocycles. The number of thiocarbonyl (C=S) groups is 1. The molecule has 0 aromatic heterocycles. The molecular weight excluding hydrogens is 240 g/mol. The van der Waals surface area contributed by atoms with Crippen LogP contribution in [0.5, 0.6) is 0 Å². The summed E-state index contributed by atoms with van der Waals surface area (Å²) in [6.07, 6.45) is 1.53. The van der Waals surface area contributed by atoms with Crippen LogP contribution in [-0.4, -0.2) is 55.8 Å². The van der Waals surface area contributed by atoms with Gasteiger partial charge >= 0.3 is 0 Å². The number of hydrogen-bond acceptors (Lipinski definition) is 4. The highest BCUT2D eigenvalue weighted by molar-refractivity contribution is 7.80. The van der Waals surface area contributed by atoms with Crippen LogP contribution in [0.4, 0.5) is 0 Å². The van der Waals surface area contributed by atoms with Crippen LogP contribution in [0.3, 0.4) is 0 Å². The third-order valence-electron chi connectivity index (χ3n) is 2.07. The van der Waals surface area contributed by atoms with Crippen LogP contribution in [0.25, 0.3) is 0 Å². The van der Waals surface area contributed by atoms with E-state index in [1.54, 1.807) is 11.9 Å². The van der Waals surface area contributed by atoms with Gasteiger partial charge in [-0.05, 0) is 6.42 Å². The van der Waals surface area contributed by atoms with Crippen molar-refractivity contribution in [1.29, 1.82) is 0 Å². The SMILES string of the molecule is CCCOCCOCC(=O)N(C)CCC(N)=S. The first-order valence-corrected chi connectivity index (χ1v) is 6.16. The quantitative estimate of drug-likeness (QED) is 0.460. The third kappa shape index (κ3) is 10.2. The van der Waals surface area contributed by atoms with Crippen molar-refractivity contribution in [1.82, 2.24) is 4.90 Å². The van der Waals surface area contributed by atoms with Gasteiger partial charge in [-0.1, -0.05) is 19.1 Å². The molecule has 0 radical (unpaired) electrons. The first-order valence-electron chi connectivity index (χ1n) is 5.75. The molecule has 0 bridgehead atoms. The fraction of sp³-hybridized carbons (Fsp3) is 0.818. The third-order valence-corrected chi connectivity index (χ3v) is 2.27. The monoisotopic (exact) mass is 262 g/mol. The number of amides is 1. The summed E-state index contributed by atoms with van der Waals surface area (Å²) in [5, 5.41) is 0. The maximum Gasteiger partial charge on any atom is 0.248 e. The van der Waals surface area contributed by atoms with Gasteiger partial charge in [-0.2, -0.15) is 0 Å². The van der Waals surface area contributed by atoms with Gasteiger partial charge in [0, 0.05) is 26.6 Å². The lowest BCUT2D eigenvalue weighted by Gasteiger charge is -2.16. The lowest BCUT2D eigenvalue weighted by atomic mass is 10.4. The van der Waals surface area contributed by atoms with Crippen LogP contribution in [0.15, 0.2) is 0 Å². The second-order valence-corrected chi connectivity index (χ2v) is 4.22. The van der Waals surface area contributed by atoms with Crippen molar-refractivity contribution in [2.75, 3.05) is 40.0 Å². The Hall–Kier alpha value is -0.720. The molecule has 0 fully saturated rings. The topological polar surface area (TPSA) is 64.8 Å². The lowest BCUT2D eigenvalue weighted by molar-refractivity contribution is -0.135.